The molecule has 19 heavy (non-hydrogen) atoms. The van der Waals surface area contributed by atoms with E-state index in [-0.39, 0.29) is 10.8 Å². The smallest absolute Gasteiger partial charge is 0.138 e. The SMILES string of the molecule is Cc1cccc(NCCOc2ccc(F)cc2Cl)c1. The van der Waals surface area contributed by atoms with Crippen molar-refractivity contribution in [2.75, 3.05) is 18.5 Å². The molecule has 0 amide bonds. The molecule has 0 atom stereocenters. The van der Waals surface area contributed by atoms with Crippen LogP contribution in [0.5, 0.6) is 5.75 Å². The molecule has 0 aromatic heterocycles. The first kappa shape index (κ1) is 13.7. The summed E-state index contributed by atoms with van der Waals surface area (Å²) in [6.45, 7) is 3.15. The van der Waals surface area contributed by atoms with Crippen molar-refractivity contribution in [3.8, 4) is 5.75 Å². The number of rotatable bonds is 5. The molecule has 0 unspecified atom stereocenters. The van der Waals surface area contributed by atoms with Crippen molar-refractivity contribution in [1.82, 2.24) is 0 Å². The predicted octanol–water partition coefficient (Wildman–Crippen LogP) is 4.28. The van der Waals surface area contributed by atoms with E-state index in [0.717, 1.165) is 5.69 Å². The number of hydrogen-bond acceptors (Lipinski definition) is 2. The number of benzene rings is 2. The van der Waals surface area contributed by atoms with Gasteiger partial charge in [-0.1, -0.05) is 23.7 Å². The summed E-state index contributed by atoms with van der Waals surface area (Å²) in [5.41, 5.74) is 2.25. The predicted molar refractivity (Wildman–Crippen MR) is 76.6 cm³/mol. The highest BCUT2D eigenvalue weighted by Gasteiger charge is 2.02. The van der Waals surface area contributed by atoms with Crippen LogP contribution in [0.15, 0.2) is 42.5 Å². The van der Waals surface area contributed by atoms with Gasteiger partial charge >= 0.3 is 0 Å². The third-order valence-electron chi connectivity index (χ3n) is 2.60. The molecule has 1 N–H and O–H groups in total. The van der Waals surface area contributed by atoms with E-state index in [0.29, 0.717) is 18.9 Å². The molecule has 0 saturated carbocycles. The second kappa shape index (κ2) is 6.43. The highest BCUT2D eigenvalue weighted by molar-refractivity contribution is 6.32. The Morgan fingerprint density at radius 2 is 2.05 bits per heavy atom. The number of aryl methyl sites for hydroxylation is 1. The van der Waals surface area contributed by atoms with Crippen LogP contribution in [0.4, 0.5) is 10.1 Å². The zero-order valence-corrected chi connectivity index (χ0v) is 11.4. The molecule has 0 aliphatic heterocycles. The fourth-order valence-corrected chi connectivity index (χ4v) is 1.93. The standard InChI is InChI=1S/C15H15ClFNO/c1-11-3-2-4-13(9-11)18-7-8-19-15-6-5-12(17)10-14(15)16/h2-6,9-10,18H,7-8H2,1H3. The van der Waals surface area contributed by atoms with E-state index in [1.165, 1.54) is 23.8 Å². The Kier molecular flexibility index (Phi) is 4.63. The summed E-state index contributed by atoms with van der Waals surface area (Å²) < 4.78 is 18.3. The Labute approximate surface area is 117 Å². The van der Waals surface area contributed by atoms with Crippen LogP contribution in [0.3, 0.4) is 0 Å². The summed E-state index contributed by atoms with van der Waals surface area (Å²) >= 11 is 5.86. The molecule has 0 bridgehead atoms. The molecule has 0 heterocycles. The third-order valence-corrected chi connectivity index (χ3v) is 2.90. The van der Waals surface area contributed by atoms with Crippen molar-refractivity contribution in [2.24, 2.45) is 0 Å². The molecule has 0 spiro atoms. The Balaban J connectivity index is 1.81. The van der Waals surface area contributed by atoms with Gasteiger partial charge in [-0.3, -0.25) is 0 Å². The molecule has 100 valence electrons. The molecule has 4 heteroatoms. The Hall–Kier alpha value is -1.74. The number of halogens is 2. The minimum Gasteiger partial charge on any atom is -0.490 e. The molecule has 2 nitrogen and oxygen atoms in total. The second-order valence-corrected chi connectivity index (χ2v) is 4.63. The summed E-state index contributed by atoms with van der Waals surface area (Å²) in [6, 6.07) is 12.2. The highest BCUT2D eigenvalue weighted by Crippen LogP contribution is 2.24. The minimum atomic E-state index is -0.366. The monoisotopic (exact) mass is 279 g/mol. The van der Waals surface area contributed by atoms with E-state index < -0.39 is 0 Å². The summed E-state index contributed by atoms with van der Waals surface area (Å²) in [5.74, 6) is 0.129. The summed E-state index contributed by atoms with van der Waals surface area (Å²) in [5, 5.41) is 3.53. The third kappa shape index (κ3) is 4.14. The van der Waals surface area contributed by atoms with Gasteiger partial charge in [0.05, 0.1) is 5.02 Å². The van der Waals surface area contributed by atoms with Gasteiger partial charge in [-0.2, -0.15) is 0 Å². The van der Waals surface area contributed by atoms with Crippen LogP contribution in [-0.4, -0.2) is 13.2 Å². The van der Waals surface area contributed by atoms with Gasteiger partial charge in [0, 0.05) is 12.2 Å². The molecule has 2 aromatic carbocycles. The van der Waals surface area contributed by atoms with Crippen molar-refractivity contribution in [2.45, 2.75) is 6.92 Å². The minimum absolute atomic E-state index is 0.288. The summed E-state index contributed by atoms with van der Waals surface area (Å²) in [7, 11) is 0. The maximum Gasteiger partial charge on any atom is 0.138 e. The molecule has 2 aromatic rings. The average molecular weight is 280 g/mol. The fraction of sp³-hybridized carbons (Fsp3) is 0.200. The number of hydrogen-bond donors (Lipinski definition) is 1. The van der Waals surface area contributed by atoms with E-state index >= 15 is 0 Å². The van der Waals surface area contributed by atoms with Crippen LogP contribution in [0.25, 0.3) is 0 Å². The molecule has 0 aliphatic carbocycles. The van der Waals surface area contributed by atoms with Gasteiger partial charge in [-0.15, -0.1) is 0 Å². The van der Waals surface area contributed by atoms with Gasteiger partial charge < -0.3 is 10.1 Å². The first-order valence-electron chi connectivity index (χ1n) is 6.03. The molecule has 2 rings (SSSR count). The summed E-state index contributed by atoms with van der Waals surface area (Å²) in [6.07, 6.45) is 0. The van der Waals surface area contributed by atoms with Gasteiger partial charge in [-0.25, -0.2) is 4.39 Å². The van der Waals surface area contributed by atoms with Gasteiger partial charge in [-0.05, 0) is 42.8 Å². The first-order valence-corrected chi connectivity index (χ1v) is 6.41. The Bertz CT molecular complexity index is 560. The lowest BCUT2D eigenvalue weighted by molar-refractivity contribution is 0.332. The van der Waals surface area contributed by atoms with Crippen molar-refractivity contribution in [3.05, 3.63) is 58.9 Å². The van der Waals surface area contributed by atoms with Crippen LogP contribution in [0, 0.1) is 12.7 Å². The van der Waals surface area contributed by atoms with E-state index in [1.54, 1.807) is 0 Å². The lowest BCUT2D eigenvalue weighted by Gasteiger charge is -2.10. The molecule has 0 aliphatic rings. The quantitative estimate of drug-likeness (QED) is 0.825. The van der Waals surface area contributed by atoms with Crippen molar-refractivity contribution < 1.29 is 9.13 Å². The lowest BCUT2D eigenvalue weighted by Crippen LogP contribution is -2.11. The van der Waals surface area contributed by atoms with Crippen LogP contribution < -0.4 is 10.1 Å². The fourth-order valence-electron chi connectivity index (χ4n) is 1.70. The molecular weight excluding hydrogens is 265 g/mol. The second-order valence-electron chi connectivity index (χ2n) is 4.22. The van der Waals surface area contributed by atoms with Crippen LogP contribution in [0.1, 0.15) is 5.56 Å². The first-order chi connectivity index (χ1) is 9.15. The Morgan fingerprint density at radius 1 is 1.21 bits per heavy atom. The van der Waals surface area contributed by atoms with E-state index in [1.807, 2.05) is 25.1 Å². The van der Waals surface area contributed by atoms with Crippen molar-refractivity contribution in [3.63, 3.8) is 0 Å². The van der Waals surface area contributed by atoms with E-state index in [9.17, 15) is 4.39 Å². The normalized spacial score (nSPS) is 10.3. The van der Waals surface area contributed by atoms with E-state index in [2.05, 4.69) is 11.4 Å². The van der Waals surface area contributed by atoms with Crippen LogP contribution >= 0.6 is 11.6 Å². The average Bonchev–Trinajstić information content (AvgIpc) is 2.37. The van der Waals surface area contributed by atoms with Gasteiger partial charge in [0.15, 0.2) is 0 Å². The maximum atomic E-state index is 12.8. The van der Waals surface area contributed by atoms with E-state index in [4.69, 9.17) is 16.3 Å². The Morgan fingerprint density at radius 3 is 2.79 bits per heavy atom. The molecular formula is C15H15ClFNO. The largest absolute Gasteiger partial charge is 0.490 e. The maximum absolute atomic E-state index is 12.8. The van der Waals surface area contributed by atoms with Crippen molar-refractivity contribution >= 4 is 17.3 Å². The van der Waals surface area contributed by atoms with Gasteiger partial charge in [0.25, 0.3) is 0 Å². The number of ether oxygens (including phenoxy) is 1. The number of anilines is 1. The zero-order chi connectivity index (χ0) is 13.7. The highest BCUT2D eigenvalue weighted by atomic mass is 35.5. The summed E-state index contributed by atoms with van der Waals surface area (Å²) in [4.78, 5) is 0. The topological polar surface area (TPSA) is 21.3 Å². The van der Waals surface area contributed by atoms with Crippen LogP contribution in [-0.2, 0) is 0 Å². The lowest BCUT2D eigenvalue weighted by atomic mass is 10.2. The van der Waals surface area contributed by atoms with Crippen LogP contribution in [0.2, 0.25) is 5.02 Å². The van der Waals surface area contributed by atoms with Gasteiger partial charge in [0.2, 0.25) is 0 Å². The molecule has 0 radical (unpaired) electrons. The number of nitrogens with one attached hydrogen (secondary N) is 1. The zero-order valence-electron chi connectivity index (χ0n) is 10.6. The molecule has 0 fully saturated rings. The van der Waals surface area contributed by atoms with Crippen molar-refractivity contribution in [1.29, 1.82) is 0 Å². The van der Waals surface area contributed by atoms with Gasteiger partial charge in [0.1, 0.15) is 18.2 Å². The molecule has 0 saturated heterocycles.